The molecule has 0 amide bonds. The van der Waals surface area contributed by atoms with Crippen LogP contribution in [0.15, 0.2) is 42.4 Å². The highest BCUT2D eigenvalue weighted by Gasteiger charge is 2.23. The number of hydrogen-bond acceptors (Lipinski definition) is 4. The van der Waals surface area contributed by atoms with Crippen molar-refractivity contribution in [2.75, 3.05) is 13.1 Å². The number of furan rings is 2. The van der Waals surface area contributed by atoms with Crippen LogP contribution in [0.1, 0.15) is 24.5 Å². The van der Waals surface area contributed by atoms with Crippen LogP contribution in [0.25, 0.3) is 0 Å². The number of nitrogens with zero attached hydrogens (tertiary/aromatic N) is 1. The van der Waals surface area contributed by atoms with Gasteiger partial charge in [0.15, 0.2) is 4.67 Å². The van der Waals surface area contributed by atoms with Crippen LogP contribution >= 0.6 is 31.9 Å². The zero-order valence-corrected chi connectivity index (χ0v) is 13.8. The summed E-state index contributed by atoms with van der Waals surface area (Å²) >= 11 is 6.78. The molecule has 0 aromatic carbocycles. The van der Waals surface area contributed by atoms with Crippen LogP contribution in [0.5, 0.6) is 0 Å². The van der Waals surface area contributed by atoms with Gasteiger partial charge in [-0.15, -0.1) is 0 Å². The van der Waals surface area contributed by atoms with Crippen molar-refractivity contribution in [3.63, 3.8) is 0 Å². The van der Waals surface area contributed by atoms with Crippen LogP contribution in [-0.2, 0) is 6.54 Å². The quantitative estimate of drug-likeness (QED) is 0.810. The highest BCUT2D eigenvalue weighted by Crippen LogP contribution is 2.32. The minimum atomic E-state index is 0.0256. The Bertz CT molecular complexity index is 491. The molecule has 0 saturated carbocycles. The fourth-order valence-electron chi connectivity index (χ4n) is 2.02. The summed E-state index contributed by atoms with van der Waals surface area (Å²) < 4.78 is 12.7. The van der Waals surface area contributed by atoms with Crippen molar-refractivity contribution >= 4 is 31.9 Å². The monoisotopic (exact) mass is 390 g/mol. The molecule has 6 heteroatoms. The molecule has 19 heavy (non-hydrogen) atoms. The van der Waals surface area contributed by atoms with Crippen molar-refractivity contribution in [1.29, 1.82) is 0 Å². The normalized spacial score (nSPS) is 13.1. The number of hydrogen-bond donors (Lipinski definition) is 1. The van der Waals surface area contributed by atoms with Crippen molar-refractivity contribution in [2.24, 2.45) is 5.73 Å². The maximum atomic E-state index is 5.91. The van der Waals surface area contributed by atoms with E-state index < -0.39 is 0 Å². The molecule has 0 saturated heterocycles. The molecule has 2 rings (SSSR count). The Kier molecular flexibility index (Phi) is 5.27. The van der Waals surface area contributed by atoms with E-state index in [1.807, 2.05) is 18.2 Å². The summed E-state index contributed by atoms with van der Waals surface area (Å²) in [6.07, 6.45) is 1.68. The SMILES string of the molecule is CCN(Cc1ccco1)C(CN)c1cc(Br)c(Br)o1. The maximum absolute atomic E-state index is 5.91. The van der Waals surface area contributed by atoms with Crippen molar-refractivity contribution in [1.82, 2.24) is 4.90 Å². The third kappa shape index (κ3) is 3.51. The number of likely N-dealkylation sites (N-methyl/N-ethyl adjacent to an activating group) is 1. The van der Waals surface area contributed by atoms with Crippen LogP contribution < -0.4 is 5.73 Å². The Hall–Kier alpha value is -0.560. The minimum Gasteiger partial charge on any atom is -0.468 e. The molecule has 2 heterocycles. The Morgan fingerprint density at radius 3 is 2.68 bits per heavy atom. The number of rotatable bonds is 6. The van der Waals surface area contributed by atoms with Crippen molar-refractivity contribution in [3.8, 4) is 0 Å². The van der Waals surface area contributed by atoms with Gasteiger partial charge in [0, 0.05) is 6.54 Å². The fourth-order valence-corrected chi connectivity index (χ4v) is 2.63. The molecule has 2 aromatic rings. The number of nitrogens with two attached hydrogens (primary N) is 1. The molecule has 104 valence electrons. The lowest BCUT2D eigenvalue weighted by Crippen LogP contribution is -2.32. The molecule has 0 spiro atoms. The second kappa shape index (κ2) is 6.74. The zero-order chi connectivity index (χ0) is 13.8. The van der Waals surface area contributed by atoms with Gasteiger partial charge in [-0.05, 0) is 56.6 Å². The second-order valence-electron chi connectivity index (χ2n) is 4.16. The van der Waals surface area contributed by atoms with E-state index in [1.165, 1.54) is 0 Å². The third-order valence-corrected chi connectivity index (χ3v) is 4.71. The summed E-state index contributed by atoms with van der Waals surface area (Å²) in [5.74, 6) is 1.76. The lowest BCUT2D eigenvalue weighted by atomic mass is 10.2. The third-order valence-electron chi connectivity index (χ3n) is 3.00. The average Bonchev–Trinajstić information content (AvgIpc) is 3.00. The van der Waals surface area contributed by atoms with E-state index in [0.717, 1.165) is 22.5 Å². The van der Waals surface area contributed by atoms with Gasteiger partial charge in [-0.3, -0.25) is 4.90 Å². The topological polar surface area (TPSA) is 55.5 Å². The van der Waals surface area contributed by atoms with E-state index in [9.17, 15) is 0 Å². The largest absolute Gasteiger partial charge is 0.468 e. The predicted octanol–water partition coefficient (Wildman–Crippen LogP) is 3.92. The summed E-state index contributed by atoms with van der Waals surface area (Å²) in [4.78, 5) is 2.22. The molecule has 0 aliphatic rings. The Balaban J connectivity index is 2.18. The van der Waals surface area contributed by atoms with Gasteiger partial charge in [0.2, 0.25) is 0 Å². The summed E-state index contributed by atoms with van der Waals surface area (Å²) in [5.41, 5.74) is 5.91. The van der Waals surface area contributed by atoms with Crippen LogP contribution in [0.4, 0.5) is 0 Å². The minimum absolute atomic E-state index is 0.0256. The molecule has 0 fully saturated rings. The van der Waals surface area contributed by atoms with E-state index in [-0.39, 0.29) is 6.04 Å². The van der Waals surface area contributed by atoms with Crippen LogP contribution in [-0.4, -0.2) is 18.0 Å². The smallest absolute Gasteiger partial charge is 0.183 e. The first-order chi connectivity index (χ1) is 9.15. The zero-order valence-electron chi connectivity index (χ0n) is 10.6. The van der Waals surface area contributed by atoms with Crippen LogP contribution in [0.2, 0.25) is 0 Å². The predicted molar refractivity (Wildman–Crippen MR) is 80.7 cm³/mol. The Morgan fingerprint density at radius 1 is 1.42 bits per heavy atom. The van der Waals surface area contributed by atoms with E-state index in [1.54, 1.807) is 6.26 Å². The molecule has 0 aliphatic heterocycles. The van der Waals surface area contributed by atoms with Gasteiger partial charge < -0.3 is 14.6 Å². The Labute approximate surface area is 129 Å². The van der Waals surface area contributed by atoms with Gasteiger partial charge in [0.25, 0.3) is 0 Å². The highest BCUT2D eigenvalue weighted by molar-refractivity contribution is 9.13. The summed E-state index contributed by atoms with van der Waals surface area (Å²) in [5, 5.41) is 0. The van der Waals surface area contributed by atoms with Crippen LogP contribution in [0.3, 0.4) is 0 Å². The van der Waals surface area contributed by atoms with Crippen molar-refractivity contribution < 1.29 is 8.83 Å². The van der Waals surface area contributed by atoms with Crippen molar-refractivity contribution in [3.05, 3.63) is 45.1 Å². The number of halogens is 2. The molecule has 0 aliphatic carbocycles. The Morgan fingerprint density at radius 2 is 2.21 bits per heavy atom. The molecule has 2 aromatic heterocycles. The van der Waals surface area contributed by atoms with Crippen molar-refractivity contribution in [2.45, 2.75) is 19.5 Å². The highest BCUT2D eigenvalue weighted by atomic mass is 79.9. The summed E-state index contributed by atoms with van der Waals surface area (Å²) in [6.45, 7) is 4.15. The molecular formula is C13H16Br2N2O2. The first-order valence-electron chi connectivity index (χ1n) is 6.07. The van der Waals surface area contributed by atoms with Gasteiger partial charge in [0.05, 0.1) is 23.3 Å². The molecule has 1 atom stereocenters. The summed E-state index contributed by atoms with van der Waals surface area (Å²) in [7, 11) is 0. The molecule has 4 nitrogen and oxygen atoms in total. The molecule has 2 N–H and O–H groups in total. The summed E-state index contributed by atoms with van der Waals surface area (Å²) in [6, 6.07) is 5.83. The van der Waals surface area contributed by atoms with Crippen LogP contribution in [0, 0.1) is 0 Å². The second-order valence-corrected chi connectivity index (χ2v) is 5.74. The molecule has 0 bridgehead atoms. The van der Waals surface area contributed by atoms with Gasteiger partial charge in [0.1, 0.15) is 11.5 Å². The first-order valence-corrected chi connectivity index (χ1v) is 7.65. The van der Waals surface area contributed by atoms with E-state index in [0.29, 0.717) is 17.8 Å². The van der Waals surface area contributed by atoms with E-state index in [2.05, 4.69) is 43.7 Å². The van der Waals surface area contributed by atoms with Gasteiger partial charge in [-0.25, -0.2) is 0 Å². The standard InChI is InChI=1S/C13H16Br2N2O2/c1-2-17(8-9-4-3-5-18-9)11(7-16)12-6-10(14)13(15)19-12/h3-6,11H,2,7-8,16H2,1H3. The van der Waals surface area contributed by atoms with Gasteiger partial charge in [-0.1, -0.05) is 6.92 Å². The van der Waals surface area contributed by atoms with Gasteiger partial charge >= 0.3 is 0 Å². The average molecular weight is 392 g/mol. The first kappa shape index (κ1) is 14.8. The maximum Gasteiger partial charge on any atom is 0.183 e. The lowest BCUT2D eigenvalue weighted by molar-refractivity contribution is 0.166. The molecule has 1 unspecified atom stereocenters. The molecular weight excluding hydrogens is 376 g/mol. The van der Waals surface area contributed by atoms with E-state index >= 15 is 0 Å². The van der Waals surface area contributed by atoms with E-state index in [4.69, 9.17) is 14.6 Å². The fraction of sp³-hybridized carbons (Fsp3) is 0.385. The lowest BCUT2D eigenvalue weighted by Gasteiger charge is -2.27. The van der Waals surface area contributed by atoms with Gasteiger partial charge in [-0.2, -0.15) is 0 Å². The molecule has 0 radical (unpaired) electrons.